The number of methoxy groups -OCH3 is 1. The fraction of sp³-hybridized carbons (Fsp3) is 0.385. The Kier molecular flexibility index (Phi) is 7.75. The highest BCUT2D eigenvalue weighted by atomic mass is 32.2. The second kappa shape index (κ2) is 10.7. The highest BCUT2D eigenvalue weighted by Gasteiger charge is 2.35. The van der Waals surface area contributed by atoms with Crippen molar-refractivity contribution < 1.29 is 31.1 Å². The Bertz CT molecular complexity index is 1360. The number of aryl methyl sites for hydroxylation is 1. The van der Waals surface area contributed by atoms with Crippen LogP contribution in [0.3, 0.4) is 0 Å². The van der Waals surface area contributed by atoms with E-state index < -0.39 is 27.3 Å². The van der Waals surface area contributed by atoms with E-state index >= 15 is 0 Å². The van der Waals surface area contributed by atoms with Crippen molar-refractivity contribution in [2.45, 2.75) is 49.4 Å². The van der Waals surface area contributed by atoms with E-state index in [-0.39, 0.29) is 42.4 Å². The molecule has 3 aromatic rings. The van der Waals surface area contributed by atoms with Crippen LogP contribution in [0.2, 0.25) is 0 Å². The molecule has 0 saturated heterocycles. The molecule has 0 unspecified atom stereocenters. The zero-order valence-corrected chi connectivity index (χ0v) is 21.3. The van der Waals surface area contributed by atoms with Gasteiger partial charge in [0.2, 0.25) is 15.0 Å². The molecule has 1 aliphatic rings. The Balaban J connectivity index is 1.63. The molecule has 1 heterocycles. The van der Waals surface area contributed by atoms with Gasteiger partial charge in [0.1, 0.15) is 0 Å². The topological polar surface area (TPSA) is 81.5 Å². The minimum atomic E-state index is -4.57. The van der Waals surface area contributed by atoms with E-state index in [9.17, 15) is 26.4 Å². The smallest absolute Gasteiger partial charge is 0.383 e. The number of benzene rings is 2. The first-order valence-electron chi connectivity index (χ1n) is 11.8. The fourth-order valence-corrected chi connectivity index (χ4v) is 5.62. The number of sulfone groups is 1. The van der Waals surface area contributed by atoms with E-state index in [0.29, 0.717) is 11.3 Å². The summed E-state index contributed by atoms with van der Waals surface area (Å²) in [6.07, 6.45) is -1.65. The summed E-state index contributed by atoms with van der Waals surface area (Å²) in [5, 5.41) is -0.197. The van der Waals surface area contributed by atoms with Gasteiger partial charge in [-0.25, -0.2) is 13.4 Å². The molecule has 0 radical (unpaired) electrons. The zero-order valence-electron chi connectivity index (χ0n) is 20.5. The van der Waals surface area contributed by atoms with Crippen molar-refractivity contribution in [1.82, 2.24) is 14.5 Å². The molecule has 0 N–H and O–H groups in total. The number of carbonyl (C=O) groups is 1. The quantitative estimate of drug-likeness (QED) is 0.372. The minimum absolute atomic E-state index is 0.0259. The number of alkyl halides is 3. The molecule has 0 atom stereocenters. The maximum atomic E-state index is 13.3. The molecule has 37 heavy (non-hydrogen) atoms. The van der Waals surface area contributed by atoms with Crippen LogP contribution in [-0.4, -0.2) is 49.0 Å². The van der Waals surface area contributed by atoms with Crippen LogP contribution in [0.25, 0.3) is 0 Å². The Morgan fingerprint density at radius 3 is 2.49 bits per heavy atom. The van der Waals surface area contributed by atoms with Crippen LogP contribution in [0, 0.1) is 6.92 Å². The Labute approximate surface area is 213 Å². The summed E-state index contributed by atoms with van der Waals surface area (Å²) in [4.78, 5) is 19.0. The van der Waals surface area contributed by atoms with Crippen LogP contribution >= 0.6 is 0 Å². The normalized spacial score (nSPS) is 14.1. The van der Waals surface area contributed by atoms with Gasteiger partial charge in [0.25, 0.3) is 5.91 Å². The molecule has 1 fully saturated rings. The molecule has 4 rings (SSSR count). The number of imidazole rings is 1. The van der Waals surface area contributed by atoms with Crippen molar-refractivity contribution in [3.63, 3.8) is 0 Å². The highest BCUT2D eigenvalue weighted by molar-refractivity contribution is 7.90. The van der Waals surface area contributed by atoms with Gasteiger partial charge in [0.15, 0.2) is 0 Å². The summed E-state index contributed by atoms with van der Waals surface area (Å²) < 4.78 is 72.8. The molecule has 11 heteroatoms. The summed E-state index contributed by atoms with van der Waals surface area (Å²) in [7, 11) is -2.53. The molecule has 1 aromatic heterocycles. The number of hydrogen-bond donors (Lipinski definition) is 0. The highest BCUT2D eigenvalue weighted by Crippen LogP contribution is 2.39. The van der Waals surface area contributed by atoms with E-state index in [4.69, 9.17) is 4.74 Å². The number of aromatic nitrogens is 2. The predicted molar refractivity (Wildman–Crippen MR) is 131 cm³/mol. The SMILES string of the molecule is COCCN(Cc1cnc(S(=O)(=O)Cc2cccc(C(F)(F)F)c2)n1C1CC1)C(=O)c1ccc(C)cc1. The van der Waals surface area contributed by atoms with Crippen molar-refractivity contribution in [3.8, 4) is 0 Å². The van der Waals surface area contributed by atoms with Gasteiger partial charge in [0.05, 0.1) is 36.4 Å². The molecule has 1 aliphatic carbocycles. The first kappa shape index (κ1) is 26.9. The second-order valence-corrected chi connectivity index (χ2v) is 11.1. The Hall–Kier alpha value is -3.18. The molecule has 2 aromatic carbocycles. The number of rotatable bonds is 10. The molecule has 0 bridgehead atoms. The monoisotopic (exact) mass is 535 g/mol. The maximum absolute atomic E-state index is 13.3. The summed E-state index contributed by atoms with van der Waals surface area (Å²) in [6.45, 7) is 2.60. The van der Waals surface area contributed by atoms with Crippen molar-refractivity contribution >= 4 is 15.7 Å². The number of ether oxygens (including phenoxy) is 1. The van der Waals surface area contributed by atoms with Gasteiger partial charge in [-0.1, -0.05) is 35.9 Å². The third-order valence-corrected chi connectivity index (χ3v) is 7.72. The third-order valence-electron chi connectivity index (χ3n) is 6.14. The van der Waals surface area contributed by atoms with Crippen molar-refractivity contribution in [1.29, 1.82) is 0 Å². The van der Waals surface area contributed by atoms with E-state index in [0.717, 1.165) is 30.5 Å². The second-order valence-electron chi connectivity index (χ2n) is 9.18. The summed E-state index contributed by atoms with van der Waals surface area (Å²) in [5.74, 6) is -0.843. The van der Waals surface area contributed by atoms with Gasteiger partial charge in [-0.15, -0.1) is 0 Å². The molecule has 1 saturated carbocycles. The number of carbonyl (C=O) groups excluding carboxylic acids is 1. The minimum Gasteiger partial charge on any atom is -0.383 e. The third kappa shape index (κ3) is 6.40. The number of amides is 1. The van der Waals surface area contributed by atoms with Crippen molar-refractivity contribution in [3.05, 3.63) is 82.7 Å². The Morgan fingerprint density at radius 2 is 1.86 bits per heavy atom. The first-order chi connectivity index (χ1) is 17.5. The van der Waals surface area contributed by atoms with Gasteiger partial charge < -0.3 is 14.2 Å². The molecule has 0 aliphatic heterocycles. The molecule has 1 amide bonds. The summed E-state index contributed by atoms with van der Waals surface area (Å²) in [6, 6.07) is 11.4. The van der Waals surface area contributed by atoms with Crippen LogP contribution in [-0.2, 0) is 33.0 Å². The van der Waals surface area contributed by atoms with Crippen LogP contribution < -0.4 is 0 Å². The van der Waals surface area contributed by atoms with Crippen LogP contribution in [0.15, 0.2) is 59.9 Å². The van der Waals surface area contributed by atoms with Crippen LogP contribution in [0.4, 0.5) is 13.2 Å². The van der Waals surface area contributed by atoms with Gasteiger partial charge in [-0.3, -0.25) is 4.79 Å². The lowest BCUT2D eigenvalue weighted by molar-refractivity contribution is -0.137. The van der Waals surface area contributed by atoms with Crippen LogP contribution in [0.5, 0.6) is 0 Å². The average molecular weight is 536 g/mol. The van der Waals surface area contributed by atoms with Crippen molar-refractivity contribution in [2.75, 3.05) is 20.3 Å². The zero-order chi connectivity index (χ0) is 26.8. The first-order valence-corrected chi connectivity index (χ1v) is 13.4. The lowest BCUT2D eigenvalue weighted by Gasteiger charge is -2.23. The average Bonchev–Trinajstić information content (AvgIpc) is 3.59. The molecular formula is C26H28F3N3O4S. The standard InChI is InChI=1S/C26H28F3N3O4S/c1-18-6-8-20(9-7-18)24(33)31(12-13-36-2)16-23-15-30-25(32(23)22-10-11-22)37(34,35)17-19-4-3-5-21(14-19)26(27,28)29/h3-9,14-15,22H,10-13,16-17H2,1-2H3. The lowest BCUT2D eigenvalue weighted by Crippen LogP contribution is -2.34. The van der Waals surface area contributed by atoms with Gasteiger partial charge in [-0.2, -0.15) is 13.2 Å². The van der Waals surface area contributed by atoms with E-state index in [1.807, 2.05) is 19.1 Å². The molecule has 198 valence electrons. The number of hydrogen-bond acceptors (Lipinski definition) is 5. The van der Waals surface area contributed by atoms with Gasteiger partial charge in [-0.05, 0) is 43.5 Å². The van der Waals surface area contributed by atoms with Crippen molar-refractivity contribution in [2.24, 2.45) is 0 Å². The number of nitrogens with zero attached hydrogens (tertiary/aromatic N) is 3. The van der Waals surface area contributed by atoms with E-state index in [1.54, 1.807) is 21.6 Å². The molecular weight excluding hydrogens is 507 g/mol. The van der Waals surface area contributed by atoms with E-state index in [2.05, 4.69) is 4.98 Å². The predicted octanol–water partition coefficient (Wildman–Crippen LogP) is 4.81. The van der Waals surface area contributed by atoms with Gasteiger partial charge in [0, 0.05) is 25.3 Å². The summed E-state index contributed by atoms with van der Waals surface area (Å²) in [5.41, 5.74) is 1.17. The fourth-order valence-electron chi connectivity index (χ4n) is 4.10. The molecule has 0 spiro atoms. The number of halogens is 3. The van der Waals surface area contributed by atoms with E-state index in [1.165, 1.54) is 25.4 Å². The lowest BCUT2D eigenvalue weighted by atomic mass is 10.1. The largest absolute Gasteiger partial charge is 0.416 e. The van der Waals surface area contributed by atoms with Gasteiger partial charge >= 0.3 is 6.18 Å². The van der Waals surface area contributed by atoms with Crippen LogP contribution in [0.1, 0.15) is 51.6 Å². The maximum Gasteiger partial charge on any atom is 0.416 e. The summed E-state index contributed by atoms with van der Waals surface area (Å²) >= 11 is 0. The molecule has 7 nitrogen and oxygen atoms in total. The Morgan fingerprint density at radius 1 is 1.16 bits per heavy atom.